The Hall–Kier alpha value is -4.26. The second kappa shape index (κ2) is 13.2. The number of nitrogens with one attached hydrogen (secondary N) is 1. The predicted molar refractivity (Wildman–Crippen MR) is 144 cm³/mol. The van der Waals surface area contributed by atoms with E-state index in [1.807, 2.05) is 35.8 Å². The first-order chi connectivity index (χ1) is 19.2. The summed E-state index contributed by atoms with van der Waals surface area (Å²) in [6.45, 7) is 2.71. The van der Waals surface area contributed by atoms with Gasteiger partial charge in [-0.2, -0.15) is 13.2 Å². The fourth-order valence-electron chi connectivity index (χ4n) is 4.13. The van der Waals surface area contributed by atoms with E-state index < -0.39 is 18.2 Å². The minimum absolute atomic E-state index is 0.210. The molecule has 40 heavy (non-hydrogen) atoms. The Morgan fingerprint density at radius 1 is 1.15 bits per heavy atom. The molecule has 0 aliphatic carbocycles. The summed E-state index contributed by atoms with van der Waals surface area (Å²) in [6, 6.07) is 16.4. The number of amides is 1. The Bertz CT molecular complexity index is 1440. The highest BCUT2D eigenvalue weighted by Gasteiger charge is 2.38. The molecule has 3 aromatic heterocycles. The lowest BCUT2D eigenvalue weighted by molar-refractivity contribution is -0.192. The molecule has 5 rings (SSSR count). The van der Waals surface area contributed by atoms with Crippen molar-refractivity contribution in [2.75, 3.05) is 24.5 Å². The van der Waals surface area contributed by atoms with Gasteiger partial charge in [0.05, 0.1) is 22.4 Å². The van der Waals surface area contributed by atoms with Crippen molar-refractivity contribution in [3.05, 3.63) is 71.3 Å². The van der Waals surface area contributed by atoms with Gasteiger partial charge in [0.15, 0.2) is 0 Å². The maximum Gasteiger partial charge on any atom is 0.490 e. The van der Waals surface area contributed by atoms with Crippen LogP contribution in [0.1, 0.15) is 18.5 Å². The minimum Gasteiger partial charge on any atom is -0.475 e. The van der Waals surface area contributed by atoms with Gasteiger partial charge in [0.1, 0.15) is 12.4 Å². The van der Waals surface area contributed by atoms with Crippen molar-refractivity contribution in [3.8, 4) is 11.3 Å². The lowest BCUT2D eigenvalue weighted by Crippen LogP contribution is -2.27. The summed E-state index contributed by atoms with van der Waals surface area (Å²) >= 11 is 1.49. The molecule has 1 amide bonds. The fraction of sp³-hybridized carbons (Fsp3) is 0.296. The molecule has 1 atom stereocenters. The number of hydrogen-bond acceptors (Lipinski definition) is 8. The maximum absolute atomic E-state index is 11.9. The fourth-order valence-corrected chi connectivity index (χ4v) is 4.67. The van der Waals surface area contributed by atoms with Crippen LogP contribution >= 0.6 is 11.3 Å². The second-order valence-electron chi connectivity index (χ2n) is 8.97. The van der Waals surface area contributed by atoms with Crippen LogP contribution in [0.4, 0.5) is 23.8 Å². The molecule has 1 aliphatic heterocycles. The Kier molecular flexibility index (Phi) is 9.48. The van der Waals surface area contributed by atoms with Crippen LogP contribution in [0.3, 0.4) is 0 Å². The summed E-state index contributed by atoms with van der Waals surface area (Å²) < 4.78 is 36.9. The highest BCUT2D eigenvalue weighted by atomic mass is 32.1. The molecular formula is C27H26F3N5O4S. The number of aromatic nitrogens is 3. The third-order valence-corrected chi connectivity index (χ3v) is 6.76. The Morgan fingerprint density at radius 3 is 2.70 bits per heavy atom. The van der Waals surface area contributed by atoms with E-state index in [9.17, 15) is 18.0 Å². The number of ether oxygens (including phenoxy) is 1. The molecular weight excluding hydrogens is 547 g/mol. The number of alkyl carbamates (subject to hydrolysis) is 1. The van der Waals surface area contributed by atoms with Gasteiger partial charge in [-0.05, 0) is 43.0 Å². The normalized spacial score (nSPS) is 14.9. The van der Waals surface area contributed by atoms with Gasteiger partial charge in [-0.3, -0.25) is 4.98 Å². The number of carboxylic acid groups (broad SMARTS) is 1. The number of nitrogens with zero attached hydrogens (tertiary/aromatic N) is 4. The number of thiazole rings is 1. The molecule has 0 radical (unpaired) electrons. The van der Waals surface area contributed by atoms with Crippen LogP contribution in [-0.4, -0.2) is 57.9 Å². The second-order valence-corrected chi connectivity index (χ2v) is 9.69. The molecule has 1 unspecified atom stereocenters. The summed E-state index contributed by atoms with van der Waals surface area (Å²) in [5.41, 5.74) is 5.44. The smallest absolute Gasteiger partial charge is 0.475 e. The van der Waals surface area contributed by atoms with Gasteiger partial charge in [-0.25, -0.2) is 19.6 Å². The number of hydrogen-bond donors (Lipinski definition) is 2. The van der Waals surface area contributed by atoms with E-state index in [1.165, 1.54) is 11.3 Å². The number of rotatable bonds is 7. The lowest BCUT2D eigenvalue weighted by atomic mass is 10.1. The highest BCUT2D eigenvalue weighted by molar-refractivity contribution is 7.07. The molecule has 1 saturated heterocycles. The molecule has 1 aromatic carbocycles. The SMILES string of the molecule is O=C(NCCC1CCN(c2cccc(-c3cnc4ccccc4c3)n2)C1)OCc1cscn1.O=C(O)C(F)(F)F. The first-order valence-electron chi connectivity index (χ1n) is 12.3. The van der Waals surface area contributed by atoms with Crippen molar-refractivity contribution in [1.82, 2.24) is 20.3 Å². The molecule has 1 fully saturated rings. The van der Waals surface area contributed by atoms with Crippen molar-refractivity contribution in [1.29, 1.82) is 0 Å². The van der Waals surface area contributed by atoms with Gasteiger partial charge in [-0.15, -0.1) is 11.3 Å². The number of aliphatic carboxylic acids is 1. The van der Waals surface area contributed by atoms with E-state index in [0.717, 1.165) is 59.6 Å². The van der Waals surface area contributed by atoms with Crippen LogP contribution in [-0.2, 0) is 16.1 Å². The van der Waals surface area contributed by atoms with E-state index in [2.05, 4.69) is 44.5 Å². The zero-order valence-electron chi connectivity index (χ0n) is 21.2. The Labute approximate surface area is 231 Å². The Balaban J connectivity index is 0.000000470. The van der Waals surface area contributed by atoms with Crippen LogP contribution < -0.4 is 10.2 Å². The third kappa shape index (κ3) is 8.12. The average Bonchev–Trinajstić information content (AvgIpc) is 3.64. The quantitative estimate of drug-likeness (QED) is 0.296. The van der Waals surface area contributed by atoms with Crippen LogP contribution in [0.25, 0.3) is 22.2 Å². The summed E-state index contributed by atoms with van der Waals surface area (Å²) in [6.07, 6.45) is -1.59. The number of carbonyl (C=O) groups is 2. The van der Waals surface area contributed by atoms with E-state index >= 15 is 0 Å². The topological polar surface area (TPSA) is 118 Å². The third-order valence-electron chi connectivity index (χ3n) is 6.13. The number of pyridine rings is 2. The van der Waals surface area contributed by atoms with Crippen LogP contribution in [0.5, 0.6) is 0 Å². The van der Waals surface area contributed by atoms with Crippen molar-refractivity contribution < 1.29 is 32.6 Å². The number of fused-ring (bicyclic) bond motifs is 1. The van der Waals surface area contributed by atoms with E-state index in [1.54, 1.807) is 5.51 Å². The van der Waals surface area contributed by atoms with Gasteiger partial charge in [0.25, 0.3) is 0 Å². The van der Waals surface area contributed by atoms with E-state index in [0.29, 0.717) is 12.5 Å². The molecule has 13 heteroatoms. The summed E-state index contributed by atoms with van der Waals surface area (Å²) in [5.74, 6) is -1.26. The monoisotopic (exact) mass is 573 g/mol. The minimum atomic E-state index is -5.08. The van der Waals surface area contributed by atoms with Crippen LogP contribution in [0.15, 0.2) is 65.6 Å². The summed E-state index contributed by atoms with van der Waals surface area (Å²) in [4.78, 5) is 36.7. The van der Waals surface area contributed by atoms with Gasteiger partial charge < -0.3 is 20.1 Å². The van der Waals surface area contributed by atoms with Gasteiger partial charge in [-0.1, -0.05) is 24.3 Å². The van der Waals surface area contributed by atoms with Crippen molar-refractivity contribution >= 4 is 40.1 Å². The Morgan fingerprint density at radius 2 is 1.95 bits per heavy atom. The van der Waals surface area contributed by atoms with Crippen molar-refractivity contribution in [3.63, 3.8) is 0 Å². The summed E-state index contributed by atoms with van der Waals surface area (Å²) in [5, 5.41) is 13.0. The highest BCUT2D eigenvalue weighted by Crippen LogP contribution is 2.27. The van der Waals surface area contributed by atoms with Gasteiger partial charge >= 0.3 is 18.2 Å². The van der Waals surface area contributed by atoms with Crippen molar-refractivity contribution in [2.45, 2.75) is 25.6 Å². The van der Waals surface area contributed by atoms with E-state index in [-0.39, 0.29) is 6.61 Å². The van der Waals surface area contributed by atoms with Gasteiger partial charge in [0, 0.05) is 42.2 Å². The molecule has 2 N–H and O–H groups in total. The molecule has 0 bridgehead atoms. The predicted octanol–water partition coefficient (Wildman–Crippen LogP) is 5.53. The number of halogens is 3. The number of benzene rings is 1. The van der Waals surface area contributed by atoms with E-state index in [4.69, 9.17) is 19.6 Å². The average molecular weight is 574 g/mol. The van der Waals surface area contributed by atoms with Gasteiger partial charge in [0.2, 0.25) is 0 Å². The number of para-hydroxylation sites is 1. The molecule has 9 nitrogen and oxygen atoms in total. The zero-order valence-corrected chi connectivity index (χ0v) is 22.0. The number of carbonyl (C=O) groups excluding carboxylic acids is 1. The molecule has 210 valence electrons. The standard InChI is InChI=1S/C25H25N5O2S.C2HF3O2/c31-25(32-15-21-16-33-17-28-21)26-10-8-18-9-11-30(14-18)24-7-3-6-23(29-24)20-12-19-4-1-2-5-22(19)27-13-20;3-2(4,5)1(6)7/h1-7,12-13,16-18H,8-11,14-15H2,(H,26,31);(H,6,7). The number of carboxylic acids is 1. The zero-order chi connectivity index (χ0) is 28.5. The van der Waals surface area contributed by atoms with Crippen LogP contribution in [0.2, 0.25) is 0 Å². The van der Waals surface area contributed by atoms with Crippen LogP contribution in [0, 0.1) is 5.92 Å². The molecule has 0 spiro atoms. The lowest BCUT2D eigenvalue weighted by Gasteiger charge is -2.18. The summed E-state index contributed by atoms with van der Waals surface area (Å²) in [7, 11) is 0. The first-order valence-corrected chi connectivity index (χ1v) is 13.3. The molecule has 1 aliphatic rings. The molecule has 4 aromatic rings. The number of alkyl halides is 3. The molecule has 4 heterocycles. The number of anilines is 1. The first kappa shape index (κ1) is 28.7. The maximum atomic E-state index is 11.9. The largest absolute Gasteiger partial charge is 0.490 e. The molecule has 0 saturated carbocycles. The van der Waals surface area contributed by atoms with Crippen molar-refractivity contribution in [2.24, 2.45) is 5.92 Å².